The fourth-order valence-corrected chi connectivity index (χ4v) is 4.53. The van der Waals surface area contributed by atoms with E-state index in [0.717, 1.165) is 19.6 Å². The molecule has 2 fully saturated rings. The maximum absolute atomic E-state index is 11.5. The van der Waals surface area contributed by atoms with Gasteiger partial charge in [-0.2, -0.15) is 0 Å². The summed E-state index contributed by atoms with van der Waals surface area (Å²) in [5.74, 6) is 0.392. The molecule has 2 heterocycles. The highest BCUT2D eigenvalue weighted by Gasteiger charge is 2.40. The van der Waals surface area contributed by atoms with Gasteiger partial charge in [0.15, 0.2) is 9.84 Å². The average molecular weight is 247 g/mol. The van der Waals surface area contributed by atoms with Crippen molar-refractivity contribution in [3.8, 4) is 0 Å². The van der Waals surface area contributed by atoms with Crippen molar-refractivity contribution in [2.45, 2.75) is 25.0 Å². The van der Waals surface area contributed by atoms with E-state index in [9.17, 15) is 8.42 Å². The lowest BCUT2D eigenvalue weighted by Gasteiger charge is -2.41. The van der Waals surface area contributed by atoms with E-state index >= 15 is 0 Å². The van der Waals surface area contributed by atoms with Gasteiger partial charge >= 0.3 is 0 Å². The third kappa shape index (κ3) is 2.40. The van der Waals surface area contributed by atoms with Crippen LogP contribution in [0.5, 0.6) is 0 Å². The highest BCUT2D eigenvalue weighted by molar-refractivity contribution is 7.91. The van der Waals surface area contributed by atoms with E-state index in [4.69, 9.17) is 5.73 Å². The molecule has 16 heavy (non-hydrogen) atoms. The fourth-order valence-electron chi connectivity index (χ4n) is 2.61. The van der Waals surface area contributed by atoms with Crippen LogP contribution in [0.15, 0.2) is 0 Å². The first-order valence-corrected chi connectivity index (χ1v) is 7.61. The zero-order chi connectivity index (χ0) is 11.9. The first kappa shape index (κ1) is 12.3. The lowest BCUT2D eigenvalue weighted by atomic mass is 10.1. The van der Waals surface area contributed by atoms with Gasteiger partial charge in [-0.05, 0) is 14.0 Å². The molecule has 0 aromatic rings. The van der Waals surface area contributed by atoms with E-state index in [1.165, 1.54) is 0 Å². The summed E-state index contributed by atoms with van der Waals surface area (Å²) < 4.78 is 23.0. The topological polar surface area (TPSA) is 66.6 Å². The van der Waals surface area contributed by atoms with Gasteiger partial charge in [0, 0.05) is 37.8 Å². The van der Waals surface area contributed by atoms with Gasteiger partial charge in [-0.1, -0.05) is 0 Å². The first-order valence-electron chi connectivity index (χ1n) is 5.79. The number of hydrogen-bond acceptors (Lipinski definition) is 5. The van der Waals surface area contributed by atoms with Gasteiger partial charge in [0.2, 0.25) is 0 Å². The summed E-state index contributed by atoms with van der Waals surface area (Å²) in [5, 5.41) is 0. The highest BCUT2D eigenvalue weighted by Crippen LogP contribution is 2.20. The van der Waals surface area contributed by atoms with Crippen LogP contribution in [0, 0.1) is 0 Å². The Balaban J connectivity index is 2.04. The lowest BCUT2D eigenvalue weighted by molar-refractivity contribution is 0.0747. The van der Waals surface area contributed by atoms with Crippen molar-refractivity contribution >= 4 is 9.84 Å². The summed E-state index contributed by atoms with van der Waals surface area (Å²) >= 11 is 0. The van der Waals surface area contributed by atoms with E-state index in [1.54, 1.807) is 0 Å². The maximum atomic E-state index is 11.5. The molecule has 0 aromatic carbocycles. The van der Waals surface area contributed by atoms with Crippen molar-refractivity contribution in [2.75, 3.05) is 38.2 Å². The summed E-state index contributed by atoms with van der Waals surface area (Å²) in [6.45, 7) is 5.00. The molecule has 3 unspecified atom stereocenters. The standard InChI is InChI=1S/C10H21N3O2S/c1-8-5-13(4-3-12(8)2)10-7-16(14,15)6-9(10)11/h8-10H,3-7,11H2,1-2H3. The molecule has 5 nitrogen and oxygen atoms in total. The average Bonchev–Trinajstić information content (AvgIpc) is 2.45. The number of rotatable bonds is 1. The molecule has 2 rings (SSSR count). The second-order valence-corrected chi connectivity index (χ2v) is 7.29. The molecule has 6 heteroatoms. The molecule has 0 amide bonds. The molecule has 2 aliphatic rings. The van der Waals surface area contributed by atoms with Crippen LogP contribution in [0.4, 0.5) is 0 Å². The van der Waals surface area contributed by atoms with Crippen molar-refractivity contribution in [2.24, 2.45) is 5.73 Å². The number of piperazine rings is 1. The van der Waals surface area contributed by atoms with Crippen molar-refractivity contribution in [1.82, 2.24) is 9.80 Å². The zero-order valence-electron chi connectivity index (χ0n) is 9.96. The Morgan fingerprint density at radius 3 is 2.44 bits per heavy atom. The number of sulfone groups is 1. The van der Waals surface area contributed by atoms with Gasteiger partial charge in [-0.15, -0.1) is 0 Å². The van der Waals surface area contributed by atoms with E-state index in [0.29, 0.717) is 6.04 Å². The van der Waals surface area contributed by atoms with Crippen molar-refractivity contribution in [1.29, 1.82) is 0 Å². The van der Waals surface area contributed by atoms with Crippen LogP contribution in [0.25, 0.3) is 0 Å². The largest absolute Gasteiger partial charge is 0.325 e. The smallest absolute Gasteiger partial charge is 0.153 e. The third-order valence-corrected chi connectivity index (χ3v) is 5.57. The first-order chi connectivity index (χ1) is 7.39. The molecule has 0 spiro atoms. The second kappa shape index (κ2) is 4.25. The fraction of sp³-hybridized carbons (Fsp3) is 1.00. The van der Waals surface area contributed by atoms with E-state index in [-0.39, 0.29) is 23.6 Å². The molecule has 3 atom stereocenters. The number of hydrogen-bond donors (Lipinski definition) is 1. The predicted molar refractivity (Wildman–Crippen MR) is 64.1 cm³/mol. The Hall–Kier alpha value is -0.170. The maximum Gasteiger partial charge on any atom is 0.153 e. The Bertz CT molecular complexity index is 357. The Labute approximate surface area is 97.5 Å². The quantitative estimate of drug-likeness (QED) is 0.627. The molecule has 94 valence electrons. The van der Waals surface area contributed by atoms with Crippen LogP contribution in [0.3, 0.4) is 0 Å². The molecule has 0 radical (unpaired) electrons. The van der Waals surface area contributed by atoms with Crippen LogP contribution in [-0.4, -0.2) is 74.5 Å². The minimum Gasteiger partial charge on any atom is -0.325 e. The minimum atomic E-state index is -2.91. The molecule has 0 bridgehead atoms. The monoisotopic (exact) mass is 247 g/mol. The van der Waals surface area contributed by atoms with Crippen LogP contribution in [0.2, 0.25) is 0 Å². The summed E-state index contributed by atoms with van der Waals surface area (Å²) in [6, 6.07) is 0.297. The van der Waals surface area contributed by atoms with Gasteiger partial charge in [-0.3, -0.25) is 4.90 Å². The van der Waals surface area contributed by atoms with E-state index in [1.807, 2.05) is 0 Å². The van der Waals surface area contributed by atoms with Gasteiger partial charge < -0.3 is 10.6 Å². The number of nitrogens with two attached hydrogens (primary N) is 1. The molecule has 2 saturated heterocycles. The van der Waals surface area contributed by atoms with Crippen LogP contribution >= 0.6 is 0 Å². The Kier molecular flexibility index (Phi) is 3.27. The van der Waals surface area contributed by atoms with E-state index in [2.05, 4.69) is 23.8 Å². The van der Waals surface area contributed by atoms with E-state index < -0.39 is 9.84 Å². The Morgan fingerprint density at radius 2 is 1.94 bits per heavy atom. The second-order valence-electron chi connectivity index (χ2n) is 5.13. The molecular weight excluding hydrogens is 226 g/mol. The third-order valence-electron chi connectivity index (χ3n) is 3.83. The predicted octanol–water partition coefficient (Wildman–Crippen LogP) is -1.25. The molecule has 2 N–H and O–H groups in total. The zero-order valence-corrected chi connectivity index (χ0v) is 10.8. The van der Waals surface area contributed by atoms with Gasteiger partial charge in [0.1, 0.15) is 0 Å². The van der Waals surface area contributed by atoms with Crippen molar-refractivity contribution in [3.63, 3.8) is 0 Å². The summed E-state index contributed by atoms with van der Waals surface area (Å²) in [6.07, 6.45) is 0. The SMILES string of the molecule is CC1CN(C2CS(=O)(=O)CC2N)CCN1C. The number of nitrogens with zero attached hydrogens (tertiary/aromatic N) is 2. The van der Waals surface area contributed by atoms with Crippen LogP contribution < -0.4 is 5.73 Å². The summed E-state index contributed by atoms with van der Waals surface area (Å²) in [5.41, 5.74) is 5.93. The van der Waals surface area contributed by atoms with Gasteiger partial charge in [-0.25, -0.2) is 8.42 Å². The van der Waals surface area contributed by atoms with Crippen LogP contribution in [-0.2, 0) is 9.84 Å². The summed E-state index contributed by atoms with van der Waals surface area (Å²) in [4.78, 5) is 4.55. The van der Waals surface area contributed by atoms with Gasteiger partial charge in [0.25, 0.3) is 0 Å². The molecule has 0 aromatic heterocycles. The van der Waals surface area contributed by atoms with Crippen LogP contribution in [0.1, 0.15) is 6.92 Å². The molecular formula is C10H21N3O2S. The highest BCUT2D eigenvalue weighted by atomic mass is 32.2. The minimum absolute atomic E-state index is 0.0288. The molecule has 2 aliphatic heterocycles. The normalized spacial score (nSPS) is 41.3. The van der Waals surface area contributed by atoms with Crippen molar-refractivity contribution < 1.29 is 8.42 Å². The lowest BCUT2D eigenvalue weighted by Crippen LogP contribution is -2.57. The Morgan fingerprint density at radius 1 is 1.25 bits per heavy atom. The molecule has 0 saturated carbocycles. The van der Waals surface area contributed by atoms with Crippen molar-refractivity contribution in [3.05, 3.63) is 0 Å². The number of likely N-dealkylation sites (N-methyl/N-ethyl adjacent to an activating group) is 1. The van der Waals surface area contributed by atoms with Gasteiger partial charge in [0.05, 0.1) is 11.5 Å². The summed E-state index contributed by atoms with van der Waals surface area (Å²) in [7, 11) is -0.801. The molecule has 0 aliphatic carbocycles.